The maximum absolute atomic E-state index is 10.8. The predicted molar refractivity (Wildman–Crippen MR) is 161 cm³/mol. The average molecular weight is 567 g/mol. The molecule has 40 heavy (non-hydrogen) atoms. The fraction of sp³-hybridized carbons (Fsp3) is 0.758. The van der Waals surface area contributed by atoms with E-state index in [9.17, 15) is 14.7 Å². The number of benzene rings is 1. The van der Waals surface area contributed by atoms with Gasteiger partial charge in [-0.3, -0.25) is 9.59 Å². The fourth-order valence-electron chi connectivity index (χ4n) is 4.21. The fourth-order valence-corrected chi connectivity index (χ4v) is 4.21. The first-order chi connectivity index (χ1) is 18.6. The van der Waals surface area contributed by atoms with Gasteiger partial charge in [-0.15, -0.1) is 0 Å². The Morgan fingerprint density at radius 1 is 0.900 bits per heavy atom. The lowest BCUT2D eigenvalue weighted by atomic mass is 9.69. The Kier molecular flexibility index (Phi) is 18.1. The monoisotopic (exact) mass is 566 g/mol. The molecule has 1 saturated carbocycles. The molecule has 2 N–H and O–H groups in total. The Bertz CT molecular complexity index is 824. The van der Waals surface area contributed by atoms with Crippen LogP contribution in [-0.4, -0.2) is 53.7 Å². The van der Waals surface area contributed by atoms with Crippen molar-refractivity contribution in [2.24, 2.45) is 11.3 Å². The molecule has 1 aromatic rings. The van der Waals surface area contributed by atoms with Crippen molar-refractivity contribution in [2.75, 3.05) is 13.2 Å². The molecule has 0 spiro atoms. The van der Waals surface area contributed by atoms with Crippen molar-refractivity contribution in [3.8, 4) is 5.75 Å². The second kappa shape index (κ2) is 19.1. The van der Waals surface area contributed by atoms with Crippen molar-refractivity contribution in [1.82, 2.24) is 0 Å². The summed E-state index contributed by atoms with van der Waals surface area (Å²) in [5.74, 6) is 0.363. The third kappa shape index (κ3) is 16.2. The first-order valence-corrected chi connectivity index (χ1v) is 15.0. The molecular formula is C33H58O7. The maximum Gasteiger partial charge on any atom is 0.303 e. The molecule has 2 unspecified atom stereocenters. The van der Waals surface area contributed by atoms with Crippen molar-refractivity contribution in [1.29, 1.82) is 0 Å². The summed E-state index contributed by atoms with van der Waals surface area (Å²) < 4.78 is 15.1. The molecule has 232 valence electrons. The predicted octanol–water partition coefficient (Wildman–Crippen LogP) is 7.35. The molecule has 0 aliphatic heterocycles. The van der Waals surface area contributed by atoms with E-state index in [0.717, 1.165) is 31.6 Å². The average Bonchev–Trinajstić information content (AvgIpc) is 2.91. The zero-order valence-electron chi connectivity index (χ0n) is 26.9. The largest absolute Gasteiger partial charge is 0.508 e. The molecule has 7 nitrogen and oxygen atoms in total. The summed E-state index contributed by atoms with van der Waals surface area (Å²) in [5.41, 5.74) is 1.98. The molecule has 1 aromatic carbocycles. The van der Waals surface area contributed by atoms with Gasteiger partial charge in [-0.05, 0) is 79.9 Å². The highest BCUT2D eigenvalue weighted by Crippen LogP contribution is 2.40. The van der Waals surface area contributed by atoms with Gasteiger partial charge in [0.2, 0.25) is 0 Å². The number of aliphatic hydroxyl groups is 1. The number of hydrogen-bond donors (Lipinski definition) is 2. The quantitative estimate of drug-likeness (QED) is 0.270. The van der Waals surface area contributed by atoms with Gasteiger partial charge in [-0.25, -0.2) is 0 Å². The summed E-state index contributed by atoms with van der Waals surface area (Å²) >= 11 is 0. The number of aliphatic hydroxyl groups excluding tert-OH is 1. The van der Waals surface area contributed by atoms with Gasteiger partial charge >= 0.3 is 11.9 Å². The molecule has 1 aliphatic rings. The van der Waals surface area contributed by atoms with Crippen molar-refractivity contribution >= 4 is 11.9 Å². The zero-order chi connectivity index (χ0) is 30.9. The molecule has 0 saturated heterocycles. The van der Waals surface area contributed by atoms with Gasteiger partial charge in [-0.2, -0.15) is 0 Å². The summed E-state index contributed by atoms with van der Waals surface area (Å²) in [6.45, 7) is 20.4. The topological polar surface area (TPSA) is 102 Å². The van der Waals surface area contributed by atoms with Crippen LogP contribution in [0, 0.1) is 11.3 Å². The normalized spacial score (nSPS) is 18.7. The third-order valence-electron chi connectivity index (χ3n) is 8.19. The number of carbonyl (C=O) groups is 2. The van der Waals surface area contributed by atoms with Gasteiger partial charge in [0.25, 0.3) is 0 Å². The number of ether oxygens (including phenoxy) is 3. The van der Waals surface area contributed by atoms with Gasteiger partial charge in [-0.1, -0.05) is 67.0 Å². The molecule has 7 heteroatoms. The van der Waals surface area contributed by atoms with E-state index in [1.165, 1.54) is 38.7 Å². The van der Waals surface area contributed by atoms with Crippen LogP contribution in [0.3, 0.4) is 0 Å². The van der Waals surface area contributed by atoms with Crippen molar-refractivity contribution in [3.63, 3.8) is 0 Å². The highest BCUT2D eigenvalue weighted by Gasteiger charge is 2.31. The first kappa shape index (κ1) is 37.9. The minimum absolute atomic E-state index is 0.00564. The molecule has 0 amide bonds. The highest BCUT2D eigenvalue weighted by molar-refractivity contribution is 5.67. The summed E-state index contributed by atoms with van der Waals surface area (Å²) in [6.07, 6.45) is 7.29. The van der Waals surface area contributed by atoms with Crippen LogP contribution in [0.2, 0.25) is 0 Å². The van der Waals surface area contributed by atoms with Gasteiger partial charge < -0.3 is 24.4 Å². The van der Waals surface area contributed by atoms with E-state index in [4.69, 9.17) is 19.3 Å². The van der Waals surface area contributed by atoms with E-state index in [-0.39, 0.29) is 30.8 Å². The van der Waals surface area contributed by atoms with Crippen molar-refractivity contribution < 1.29 is 34.0 Å². The number of hydrogen-bond acceptors (Lipinski definition) is 7. The Morgan fingerprint density at radius 2 is 1.45 bits per heavy atom. The lowest BCUT2D eigenvalue weighted by Crippen LogP contribution is -2.30. The second-order valence-electron chi connectivity index (χ2n) is 12.2. The van der Waals surface area contributed by atoms with Gasteiger partial charge in [0.1, 0.15) is 12.4 Å². The van der Waals surface area contributed by atoms with E-state index in [2.05, 4.69) is 41.5 Å². The zero-order valence-corrected chi connectivity index (χ0v) is 26.9. The molecule has 0 aromatic heterocycles. The molecule has 1 fully saturated rings. The van der Waals surface area contributed by atoms with E-state index >= 15 is 0 Å². The van der Waals surface area contributed by atoms with Crippen LogP contribution in [0.5, 0.6) is 5.75 Å². The lowest BCUT2D eigenvalue weighted by Gasteiger charge is -2.37. The molecule has 1 aliphatic carbocycles. The van der Waals surface area contributed by atoms with Crippen molar-refractivity contribution in [2.45, 2.75) is 138 Å². The van der Waals surface area contributed by atoms with Crippen LogP contribution in [0.1, 0.15) is 120 Å². The first-order valence-electron chi connectivity index (χ1n) is 15.0. The molecule has 2 atom stereocenters. The van der Waals surface area contributed by atoms with Gasteiger partial charge in [0.05, 0.1) is 18.8 Å². The summed E-state index contributed by atoms with van der Waals surface area (Å²) in [7, 11) is 0. The Morgan fingerprint density at radius 3 is 1.88 bits per heavy atom. The van der Waals surface area contributed by atoms with Crippen LogP contribution >= 0.6 is 0 Å². The minimum Gasteiger partial charge on any atom is -0.508 e. The minimum atomic E-state index is -0.532. The second-order valence-corrected chi connectivity index (χ2v) is 12.2. The van der Waals surface area contributed by atoms with Crippen molar-refractivity contribution in [3.05, 3.63) is 29.8 Å². The number of carbonyl (C=O) groups excluding carboxylic acids is 2. The van der Waals surface area contributed by atoms with Crippen LogP contribution in [0.25, 0.3) is 0 Å². The maximum atomic E-state index is 10.8. The number of phenolic OH excluding ortho intramolecular Hbond substituents is 1. The van der Waals surface area contributed by atoms with Gasteiger partial charge in [0.15, 0.2) is 6.10 Å². The van der Waals surface area contributed by atoms with E-state index < -0.39 is 18.0 Å². The van der Waals surface area contributed by atoms with Crippen LogP contribution in [0.15, 0.2) is 24.3 Å². The summed E-state index contributed by atoms with van der Waals surface area (Å²) in [5, 5.41) is 18.5. The SMILES string of the molecule is CCC(C)(C)C1CCC(O)CC1.CCC(C)(C)c1ccc(O)cc1.CCC(C)OCC(COC(C)=O)OC(C)=O. The number of esters is 2. The molecule has 0 bridgehead atoms. The van der Waals surface area contributed by atoms with E-state index in [1.807, 2.05) is 26.0 Å². The van der Waals surface area contributed by atoms with Crippen LogP contribution < -0.4 is 0 Å². The molecular weight excluding hydrogens is 508 g/mol. The molecule has 0 heterocycles. The van der Waals surface area contributed by atoms with Crippen LogP contribution in [0.4, 0.5) is 0 Å². The number of aromatic hydroxyl groups is 1. The Balaban J connectivity index is 0.000000578. The number of phenols is 1. The van der Waals surface area contributed by atoms with E-state index in [0.29, 0.717) is 11.2 Å². The highest BCUT2D eigenvalue weighted by atomic mass is 16.6. The Labute approximate surface area is 244 Å². The standard InChI is InChI=1S/C11H20O5.C11H22O.C11H16O/c1-5-8(2)14-6-11(16-10(4)13)7-15-9(3)12;2*1-4-11(2,3)9-5-7-10(12)8-6-9/h8,11H,5-7H2,1-4H3;9-10,12H,4-8H2,1-3H3;5-8,12H,4H2,1-3H3. The number of rotatable bonds is 11. The van der Waals surface area contributed by atoms with Gasteiger partial charge in [0, 0.05) is 13.8 Å². The summed E-state index contributed by atoms with van der Waals surface area (Å²) in [6, 6.07) is 7.46. The summed E-state index contributed by atoms with van der Waals surface area (Å²) in [4.78, 5) is 21.4. The van der Waals surface area contributed by atoms with Crippen LogP contribution in [-0.2, 0) is 29.2 Å². The molecule has 0 radical (unpaired) electrons. The van der Waals surface area contributed by atoms with E-state index in [1.54, 1.807) is 12.1 Å². The smallest absolute Gasteiger partial charge is 0.303 e. The Hall–Kier alpha value is -2.12. The lowest BCUT2D eigenvalue weighted by molar-refractivity contribution is -0.161. The molecule has 2 rings (SSSR count). The third-order valence-corrected chi connectivity index (χ3v) is 8.19.